The molecule has 0 aliphatic carbocycles. The highest BCUT2D eigenvalue weighted by molar-refractivity contribution is 6.30. The average molecular weight is 285 g/mol. The molecule has 0 heterocycles. The molecule has 0 saturated heterocycles. The predicted molar refractivity (Wildman–Crippen MR) is 57.0 cm³/mol. The van der Waals surface area contributed by atoms with Crippen LogP contribution in [0, 0.1) is 5.82 Å². The molecule has 18 heavy (non-hydrogen) atoms. The number of benzene rings is 1. The molecule has 100 valence electrons. The summed E-state index contributed by atoms with van der Waals surface area (Å²) in [6, 6.07) is 3.67. The van der Waals surface area contributed by atoms with Gasteiger partial charge >= 0.3 is 6.18 Å². The third-order valence-electron chi connectivity index (χ3n) is 1.91. The van der Waals surface area contributed by atoms with Gasteiger partial charge in [-0.3, -0.25) is 4.79 Å². The van der Waals surface area contributed by atoms with Crippen molar-refractivity contribution in [3.05, 3.63) is 34.6 Å². The summed E-state index contributed by atoms with van der Waals surface area (Å²) in [5.41, 5.74) is 0.419. The molecule has 1 rings (SSSR count). The monoisotopic (exact) mass is 284 g/mol. The molecule has 0 aliphatic heterocycles. The molecule has 0 spiro atoms. The molecule has 1 aromatic carbocycles. The molecule has 0 bridgehead atoms. The van der Waals surface area contributed by atoms with Gasteiger partial charge in [-0.1, -0.05) is 17.7 Å². The zero-order valence-electron chi connectivity index (χ0n) is 9.06. The number of rotatable bonds is 5. The third kappa shape index (κ3) is 5.46. The summed E-state index contributed by atoms with van der Waals surface area (Å²) >= 11 is 5.50. The number of Topliss-reactive ketones (excluding diaryl/α,β-unsaturated/α-hetero) is 1. The fourth-order valence-electron chi connectivity index (χ4n) is 1.21. The van der Waals surface area contributed by atoms with Crippen molar-refractivity contribution in [2.75, 3.05) is 13.2 Å². The fourth-order valence-corrected chi connectivity index (χ4v) is 1.41. The molecular weight excluding hydrogens is 276 g/mol. The highest BCUT2D eigenvalue weighted by Crippen LogP contribution is 2.17. The fraction of sp³-hybridized carbons (Fsp3) is 0.364. The zero-order valence-corrected chi connectivity index (χ0v) is 9.82. The minimum atomic E-state index is -4.46. The Morgan fingerprint density at radius 2 is 2.00 bits per heavy atom. The summed E-state index contributed by atoms with van der Waals surface area (Å²) in [7, 11) is 0. The maximum atomic E-state index is 12.8. The lowest BCUT2D eigenvalue weighted by Crippen LogP contribution is -2.21. The Morgan fingerprint density at radius 3 is 2.56 bits per heavy atom. The van der Waals surface area contributed by atoms with Crippen molar-refractivity contribution >= 4 is 17.4 Å². The molecule has 0 saturated carbocycles. The molecule has 0 unspecified atom stereocenters. The lowest BCUT2D eigenvalue weighted by Gasteiger charge is -2.07. The van der Waals surface area contributed by atoms with E-state index in [1.54, 1.807) is 0 Å². The van der Waals surface area contributed by atoms with Gasteiger partial charge in [0.1, 0.15) is 19.0 Å². The Kier molecular flexibility index (Phi) is 5.10. The van der Waals surface area contributed by atoms with Gasteiger partial charge in [-0.2, -0.15) is 13.2 Å². The smallest absolute Gasteiger partial charge is 0.364 e. The zero-order chi connectivity index (χ0) is 13.8. The van der Waals surface area contributed by atoms with Gasteiger partial charge in [0.2, 0.25) is 0 Å². The van der Waals surface area contributed by atoms with Crippen LogP contribution in [-0.4, -0.2) is 25.2 Å². The summed E-state index contributed by atoms with van der Waals surface area (Å²) in [5, 5.41) is -0.142. The summed E-state index contributed by atoms with van der Waals surface area (Å²) in [6.07, 6.45) is -4.61. The van der Waals surface area contributed by atoms with Gasteiger partial charge in [-0.05, 0) is 17.7 Å². The van der Waals surface area contributed by atoms with E-state index in [-0.39, 0.29) is 11.4 Å². The van der Waals surface area contributed by atoms with Gasteiger partial charge in [-0.15, -0.1) is 0 Å². The van der Waals surface area contributed by atoms with E-state index in [0.717, 1.165) is 6.07 Å². The van der Waals surface area contributed by atoms with Crippen LogP contribution >= 0.6 is 11.6 Å². The number of hydrogen-bond donors (Lipinski definition) is 0. The van der Waals surface area contributed by atoms with Gasteiger partial charge in [0.25, 0.3) is 0 Å². The number of ketones is 1. The Morgan fingerprint density at radius 1 is 1.33 bits per heavy atom. The highest BCUT2D eigenvalue weighted by Gasteiger charge is 2.27. The van der Waals surface area contributed by atoms with Crippen LogP contribution in [0.4, 0.5) is 17.6 Å². The van der Waals surface area contributed by atoms with E-state index in [2.05, 4.69) is 4.74 Å². The van der Waals surface area contributed by atoms with Crippen LogP contribution in [0.2, 0.25) is 5.02 Å². The van der Waals surface area contributed by atoms with E-state index in [1.807, 2.05) is 0 Å². The number of carbonyl (C=O) groups excluding carboxylic acids is 1. The maximum absolute atomic E-state index is 12.8. The van der Waals surface area contributed by atoms with Crippen molar-refractivity contribution in [2.24, 2.45) is 0 Å². The van der Waals surface area contributed by atoms with Gasteiger partial charge in [0.15, 0.2) is 5.78 Å². The minimum Gasteiger partial charge on any atom is -0.364 e. The van der Waals surface area contributed by atoms with Crippen LogP contribution in [0.5, 0.6) is 0 Å². The van der Waals surface area contributed by atoms with Crippen LogP contribution in [0.15, 0.2) is 18.2 Å². The van der Waals surface area contributed by atoms with Crippen LogP contribution in [-0.2, 0) is 16.0 Å². The van der Waals surface area contributed by atoms with Crippen LogP contribution < -0.4 is 0 Å². The summed E-state index contributed by atoms with van der Waals surface area (Å²) < 4.78 is 52.2. The Bertz CT molecular complexity index is 432. The molecule has 7 heteroatoms. The summed E-state index contributed by atoms with van der Waals surface area (Å²) in [4.78, 5) is 11.3. The van der Waals surface area contributed by atoms with Crippen LogP contribution in [0.1, 0.15) is 5.56 Å². The largest absolute Gasteiger partial charge is 0.411 e. The Hall–Kier alpha value is -1.14. The number of halogens is 5. The molecule has 0 fully saturated rings. The molecule has 0 atom stereocenters. The SMILES string of the molecule is O=C(COCC(F)(F)F)Cc1ccc(F)c(Cl)c1. The number of ether oxygens (including phenoxy) is 1. The summed E-state index contributed by atoms with van der Waals surface area (Å²) in [5.74, 6) is -1.16. The molecular formula is C11H9ClF4O2. The van der Waals surface area contributed by atoms with Crippen molar-refractivity contribution in [3.63, 3.8) is 0 Å². The highest BCUT2D eigenvalue weighted by atomic mass is 35.5. The van der Waals surface area contributed by atoms with Crippen molar-refractivity contribution in [1.29, 1.82) is 0 Å². The van der Waals surface area contributed by atoms with Gasteiger partial charge in [0, 0.05) is 6.42 Å². The van der Waals surface area contributed by atoms with Gasteiger partial charge in [0.05, 0.1) is 5.02 Å². The van der Waals surface area contributed by atoms with E-state index in [4.69, 9.17) is 11.6 Å². The van der Waals surface area contributed by atoms with Crippen LogP contribution in [0.3, 0.4) is 0 Å². The second-order valence-electron chi connectivity index (χ2n) is 3.57. The second-order valence-corrected chi connectivity index (χ2v) is 3.98. The van der Waals surface area contributed by atoms with E-state index in [1.165, 1.54) is 12.1 Å². The molecule has 2 nitrogen and oxygen atoms in total. The molecule has 0 aliphatic rings. The predicted octanol–water partition coefficient (Wildman–Crippen LogP) is 3.17. The number of alkyl halides is 3. The topological polar surface area (TPSA) is 26.3 Å². The second kappa shape index (κ2) is 6.15. The normalized spacial score (nSPS) is 11.6. The first-order valence-electron chi connectivity index (χ1n) is 4.88. The molecule has 0 N–H and O–H groups in total. The van der Waals surface area contributed by atoms with Crippen molar-refractivity contribution in [1.82, 2.24) is 0 Å². The summed E-state index contributed by atoms with van der Waals surface area (Å²) in [6.45, 7) is -2.11. The Balaban J connectivity index is 2.42. The molecule has 0 amide bonds. The van der Waals surface area contributed by atoms with Crippen LogP contribution in [0.25, 0.3) is 0 Å². The first-order chi connectivity index (χ1) is 8.28. The van der Waals surface area contributed by atoms with Gasteiger partial charge < -0.3 is 4.74 Å². The molecule has 0 radical (unpaired) electrons. The number of carbonyl (C=O) groups is 1. The first kappa shape index (κ1) is 14.9. The first-order valence-corrected chi connectivity index (χ1v) is 5.26. The van der Waals surface area contributed by atoms with Crippen molar-refractivity contribution < 1.29 is 27.1 Å². The standard InChI is InChI=1S/C11H9ClF4O2/c12-9-4-7(1-2-10(9)13)3-8(17)5-18-6-11(14,15)16/h1-2,4H,3,5-6H2. The van der Waals surface area contributed by atoms with Crippen molar-refractivity contribution in [3.8, 4) is 0 Å². The average Bonchev–Trinajstić information content (AvgIpc) is 2.21. The van der Waals surface area contributed by atoms with E-state index in [0.29, 0.717) is 5.56 Å². The van der Waals surface area contributed by atoms with E-state index < -0.39 is 31.0 Å². The van der Waals surface area contributed by atoms with E-state index >= 15 is 0 Å². The van der Waals surface area contributed by atoms with Crippen molar-refractivity contribution in [2.45, 2.75) is 12.6 Å². The molecule has 0 aromatic heterocycles. The lowest BCUT2D eigenvalue weighted by molar-refractivity contribution is -0.175. The maximum Gasteiger partial charge on any atom is 0.411 e. The Labute approximate surface area is 105 Å². The van der Waals surface area contributed by atoms with Gasteiger partial charge in [-0.25, -0.2) is 4.39 Å². The number of hydrogen-bond acceptors (Lipinski definition) is 2. The van der Waals surface area contributed by atoms with E-state index in [9.17, 15) is 22.4 Å². The molecule has 1 aromatic rings. The third-order valence-corrected chi connectivity index (χ3v) is 2.20. The quantitative estimate of drug-likeness (QED) is 0.776. The lowest BCUT2D eigenvalue weighted by atomic mass is 10.1. The minimum absolute atomic E-state index is 0.142.